The molecule has 7 nitrogen and oxygen atoms in total. The Kier molecular flexibility index (Phi) is 5.41. The average molecular weight is 316 g/mol. The number of halogens is 1. The molecule has 0 bridgehead atoms. The Hall–Kier alpha value is -1.34. The first-order chi connectivity index (χ1) is 9.75. The number of piperazine rings is 1. The zero-order valence-corrected chi connectivity index (χ0v) is 12.8. The lowest BCUT2D eigenvalue weighted by atomic mass is 9.95. The van der Waals surface area contributed by atoms with Crippen LogP contribution in [-0.4, -0.2) is 40.7 Å². The maximum absolute atomic E-state index is 12.2. The lowest BCUT2D eigenvalue weighted by Gasteiger charge is -2.28. The monoisotopic (exact) mass is 315 g/mol. The molecule has 2 fully saturated rings. The number of rotatable bonds is 2. The third kappa shape index (κ3) is 3.47. The Labute approximate surface area is 129 Å². The fraction of sp³-hybridized carbons (Fsp3) is 0.769. The van der Waals surface area contributed by atoms with Gasteiger partial charge in [0, 0.05) is 32.2 Å². The van der Waals surface area contributed by atoms with Crippen molar-refractivity contribution >= 4 is 18.4 Å². The summed E-state index contributed by atoms with van der Waals surface area (Å²) in [6.07, 6.45) is 5.15. The molecule has 0 radical (unpaired) electrons. The fourth-order valence-corrected chi connectivity index (χ4v) is 3.10. The van der Waals surface area contributed by atoms with Crippen molar-refractivity contribution in [2.75, 3.05) is 31.1 Å². The minimum Gasteiger partial charge on any atom is -0.340 e. The Bertz CT molecular complexity index is 541. The van der Waals surface area contributed by atoms with Crippen molar-refractivity contribution in [3.05, 3.63) is 21.0 Å². The van der Waals surface area contributed by atoms with Gasteiger partial charge in [0.15, 0.2) is 0 Å². The lowest BCUT2D eigenvalue weighted by molar-refractivity contribution is 0.331. The summed E-state index contributed by atoms with van der Waals surface area (Å²) in [7, 11) is 0. The van der Waals surface area contributed by atoms with E-state index in [1.54, 1.807) is 0 Å². The van der Waals surface area contributed by atoms with Crippen molar-refractivity contribution in [1.82, 2.24) is 19.9 Å². The molecule has 0 spiro atoms. The number of H-pyrrole nitrogens is 1. The molecular weight excluding hydrogens is 294 g/mol. The second-order valence-electron chi connectivity index (χ2n) is 5.55. The van der Waals surface area contributed by atoms with Crippen LogP contribution in [0.15, 0.2) is 9.59 Å². The van der Waals surface area contributed by atoms with Crippen molar-refractivity contribution in [1.29, 1.82) is 0 Å². The Morgan fingerprint density at radius 2 is 1.71 bits per heavy atom. The summed E-state index contributed by atoms with van der Waals surface area (Å²) >= 11 is 0. The molecule has 2 aliphatic rings. The van der Waals surface area contributed by atoms with Crippen molar-refractivity contribution < 1.29 is 0 Å². The van der Waals surface area contributed by atoms with Crippen molar-refractivity contribution in [2.24, 2.45) is 0 Å². The highest BCUT2D eigenvalue weighted by molar-refractivity contribution is 5.85. The molecule has 1 aliphatic carbocycles. The van der Waals surface area contributed by atoms with E-state index in [1.165, 1.54) is 11.0 Å². The summed E-state index contributed by atoms with van der Waals surface area (Å²) in [6, 6.07) is 0.0181. The molecule has 1 aromatic rings. The summed E-state index contributed by atoms with van der Waals surface area (Å²) in [4.78, 5) is 33.2. The molecule has 1 aromatic heterocycles. The molecule has 0 amide bonds. The second kappa shape index (κ2) is 7.09. The summed E-state index contributed by atoms with van der Waals surface area (Å²) in [5, 5.41) is 3.23. The first-order valence-corrected chi connectivity index (χ1v) is 7.44. The van der Waals surface area contributed by atoms with Crippen molar-refractivity contribution in [3.63, 3.8) is 0 Å². The molecule has 8 heteroatoms. The van der Waals surface area contributed by atoms with E-state index in [9.17, 15) is 9.59 Å². The summed E-state index contributed by atoms with van der Waals surface area (Å²) < 4.78 is 1.31. The van der Waals surface area contributed by atoms with Crippen LogP contribution in [0.2, 0.25) is 0 Å². The molecule has 1 saturated carbocycles. The van der Waals surface area contributed by atoms with Crippen LogP contribution in [0, 0.1) is 0 Å². The molecule has 2 heterocycles. The van der Waals surface area contributed by atoms with Gasteiger partial charge in [-0.15, -0.1) is 12.4 Å². The number of aromatic amines is 1. The van der Waals surface area contributed by atoms with Crippen LogP contribution in [-0.2, 0) is 0 Å². The highest BCUT2D eigenvalue weighted by Gasteiger charge is 2.21. The van der Waals surface area contributed by atoms with Gasteiger partial charge in [-0.3, -0.25) is 4.98 Å². The van der Waals surface area contributed by atoms with Gasteiger partial charge in [-0.05, 0) is 12.8 Å². The smallest absolute Gasteiger partial charge is 0.340 e. The van der Waals surface area contributed by atoms with E-state index in [-0.39, 0.29) is 24.1 Å². The third-order valence-corrected chi connectivity index (χ3v) is 4.20. The number of nitrogens with one attached hydrogen (secondary N) is 2. The van der Waals surface area contributed by atoms with E-state index in [0.717, 1.165) is 51.9 Å². The fourth-order valence-electron chi connectivity index (χ4n) is 3.10. The highest BCUT2D eigenvalue weighted by atomic mass is 35.5. The molecule has 0 unspecified atom stereocenters. The van der Waals surface area contributed by atoms with Gasteiger partial charge in [0.05, 0.1) is 0 Å². The van der Waals surface area contributed by atoms with Crippen molar-refractivity contribution in [3.8, 4) is 0 Å². The van der Waals surface area contributed by atoms with E-state index in [1.807, 2.05) is 4.90 Å². The first kappa shape index (κ1) is 16.0. The van der Waals surface area contributed by atoms with Gasteiger partial charge in [0.2, 0.25) is 5.95 Å². The summed E-state index contributed by atoms with van der Waals surface area (Å²) in [5.41, 5.74) is -0.723. The highest BCUT2D eigenvalue weighted by Crippen LogP contribution is 2.25. The standard InChI is InChI=1S/C13H21N5O2.ClH/c19-12-15-11(17-8-6-14-7-9-17)16-13(20)18(12)10-4-2-1-3-5-10;/h10,14H,1-9H2,(H,15,16,19,20);1H. The maximum atomic E-state index is 12.2. The van der Waals surface area contributed by atoms with Crippen LogP contribution in [0.3, 0.4) is 0 Å². The van der Waals surface area contributed by atoms with Gasteiger partial charge < -0.3 is 10.2 Å². The largest absolute Gasteiger partial charge is 0.355 e. The van der Waals surface area contributed by atoms with Crippen LogP contribution in [0.1, 0.15) is 38.1 Å². The molecule has 118 valence electrons. The lowest BCUT2D eigenvalue weighted by Crippen LogP contribution is -2.48. The first-order valence-electron chi connectivity index (χ1n) is 7.44. The minimum atomic E-state index is -0.408. The Morgan fingerprint density at radius 1 is 1.05 bits per heavy atom. The van der Waals surface area contributed by atoms with Crippen LogP contribution in [0.5, 0.6) is 0 Å². The van der Waals surface area contributed by atoms with E-state index < -0.39 is 5.69 Å². The van der Waals surface area contributed by atoms with Gasteiger partial charge >= 0.3 is 11.4 Å². The van der Waals surface area contributed by atoms with Gasteiger partial charge in [-0.1, -0.05) is 19.3 Å². The van der Waals surface area contributed by atoms with Crippen molar-refractivity contribution in [2.45, 2.75) is 38.1 Å². The number of aromatic nitrogens is 3. The van der Waals surface area contributed by atoms with Gasteiger partial charge in [0.1, 0.15) is 0 Å². The summed E-state index contributed by atoms with van der Waals surface area (Å²) in [6.45, 7) is 3.20. The van der Waals surface area contributed by atoms with Gasteiger partial charge in [-0.25, -0.2) is 14.2 Å². The SMILES string of the molecule is Cl.O=c1nc(N2CCNCC2)[nH]c(=O)n1C1CCCCC1. The predicted molar refractivity (Wildman–Crippen MR) is 83.6 cm³/mol. The number of hydrogen-bond acceptors (Lipinski definition) is 5. The number of hydrogen-bond donors (Lipinski definition) is 2. The molecule has 0 aromatic carbocycles. The zero-order chi connectivity index (χ0) is 13.9. The normalized spacial score (nSPS) is 20.1. The molecular formula is C13H22ClN5O2. The zero-order valence-electron chi connectivity index (χ0n) is 12.0. The Balaban J connectivity index is 0.00000161. The number of anilines is 1. The van der Waals surface area contributed by atoms with E-state index in [4.69, 9.17) is 0 Å². The third-order valence-electron chi connectivity index (χ3n) is 4.20. The predicted octanol–water partition coefficient (Wildman–Crippen LogP) is 0.268. The topological polar surface area (TPSA) is 83.0 Å². The molecule has 1 aliphatic heterocycles. The van der Waals surface area contributed by atoms with Crippen LogP contribution in [0.25, 0.3) is 0 Å². The minimum absolute atomic E-state index is 0. The molecule has 1 saturated heterocycles. The van der Waals surface area contributed by atoms with Crippen LogP contribution in [0.4, 0.5) is 5.95 Å². The van der Waals surface area contributed by atoms with Gasteiger partial charge in [-0.2, -0.15) is 4.98 Å². The maximum Gasteiger partial charge on any atom is 0.355 e. The molecule has 3 rings (SSSR count). The molecule has 2 N–H and O–H groups in total. The summed E-state index contributed by atoms with van der Waals surface area (Å²) in [5.74, 6) is 0.411. The van der Waals surface area contributed by atoms with Gasteiger partial charge in [0.25, 0.3) is 0 Å². The van der Waals surface area contributed by atoms with Crippen LogP contribution >= 0.6 is 12.4 Å². The Morgan fingerprint density at radius 3 is 2.33 bits per heavy atom. The number of nitrogens with zero attached hydrogens (tertiary/aromatic N) is 3. The molecule has 21 heavy (non-hydrogen) atoms. The average Bonchev–Trinajstić information content (AvgIpc) is 2.48. The quantitative estimate of drug-likeness (QED) is 0.818. The van der Waals surface area contributed by atoms with Crippen LogP contribution < -0.4 is 21.6 Å². The second-order valence-corrected chi connectivity index (χ2v) is 5.55. The van der Waals surface area contributed by atoms with E-state index in [0.29, 0.717) is 5.95 Å². The van der Waals surface area contributed by atoms with E-state index in [2.05, 4.69) is 15.3 Å². The van der Waals surface area contributed by atoms with E-state index >= 15 is 0 Å². The molecule has 0 atom stereocenters.